The molecule has 0 spiro atoms. The van der Waals surface area contributed by atoms with Gasteiger partial charge in [0.1, 0.15) is 11.2 Å². The molecule has 0 radical (unpaired) electrons. The number of halogens is 3. The van der Waals surface area contributed by atoms with Crippen molar-refractivity contribution in [2.45, 2.75) is 37.2 Å². The van der Waals surface area contributed by atoms with Crippen LogP contribution in [0.5, 0.6) is 0 Å². The summed E-state index contributed by atoms with van der Waals surface area (Å²) in [7, 11) is 0. The van der Waals surface area contributed by atoms with Crippen molar-refractivity contribution in [1.29, 1.82) is 0 Å². The lowest BCUT2D eigenvalue weighted by atomic mass is 10.1. The number of thiophene rings is 1. The van der Waals surface area contributed by atoms with Crippen molar-refractivity contribution in [3.05, 3.63) is 51.9 Å². The third kappa shape index (κ3) is 6.35. The van der Waals surface area contributed by atoms with E-state index in [9.17, 15) is 14.4 Å². The van der Waals surface area contributed by atoms with Gasteiger partial charge < -0.3 is 15.4 Å². The van der Waals surface area contributed by atoms with Crippen LogP contribution in [0, 0.1) is 6.92 Å². The third-order valence-corrected chi connectivity index (χ3v) is 6.04. The molecule has 162 valence electrons. The maximum absolute atomic E-state index is 12.5. The van der Waals surface area contributed by atoms with Gasteiger partial charge in [-0.15, -0.1) is 11.3 Å². The van der Waals surface area contributed by atoms with Crippen LogP contribution in [0.4, 0.5) is 5.00 Å². The molecule has 0 fully saturated rings. The number of ketones is 1. The number of benzene rings is 1. The Bertz CT molecular complexity index is 926. The molecule has 2 rings (SSSR count). The number of hydrogen-bond acceptors (Lipinski definition) is 6. The maximum atomic E-state index is 12.5. The summed E-state index contributed by atoms with van der Waals surface area (Å²) in [5.41, 5.74) is 1.42. The highest BCUT2D eigenvalue weighted by atomic mass is 35.6. The van der Waals surface area contributed by atoms with Gasteiger partial charge in [0.05, 0.1) is 23.5 Å². The van der Waals surface area contributed by atoms with Crippen LogP contribution in [0.3, 0.4) is 0 Å². The van der Waals surface area contributed by atoms with Crippen LogP contribution < -0.4 is 10.6 Å². The second kappa shape index (κ2) is 10.5. The molecule has 0 aliphatic rings. The van der Waals surface area contributed by atoms with Gasteiger partial charge in [-0.05, 0) is 31.9 Å². The first-order valence-corrected chi connectivity index (χ1v) is 11.0. The average molecular weight is 492 g/mol. The van der Waals surface area contributed by atoms with Gasteiger partial charge in [0.25, 0.3) is 0 Å². The molecule has 0 bridgehead atoms. The molecule has 10 heteroatoms. The third-order valence-electron chi connectivity index (χ3n) is 4.06. The zero-order chi connectivity index (χ0) is 22.5. The molecule has 2 aromatic rings. The molecule has 1 atom stereocenters. The minimum absolute atomic E-state index is 0.0761. The smallest absolute Gasteiger partial charge is 0.341 e. The fraction of sp³-hybridized carbons (Fsp3) is 0.350. The highest BCUT2D eigenvalue weighted by molar-refractivity contribution is 7.18. The van der Waals surface area contributed by atoms with Crippen LogP contribution in [0.2, 0.25) is 0 Å². The van der Waals surface area contributed by atoms with Gasteiger partial charge in [-0.3, -0.25) is 9.59 Å². The second-order valence-corrected chi connectivity index (χ2v) is 9.78. The normalized spacial score (nSPS) is 12.2. The van der Waals surface area contributed by atoms with E-state index in [1.165, 1.54) is 6.92 Å². The second-order valence-electron chi connectivity index (χ2n) is 6.39. The predicted octanol–water partition coefficient (Wildman–Crippen LogP) is 4.90. The molecule has 2 N–H and O–H groups in total. The van der Waals surface area contributed by atoms with E-state index in [-0.39, 0.29) is 35.3 Å². The lowest BCUT2D eigenvalue weighted by Gasteiger charge is -2.27. The Morgan fingerprint density at radius 3 is 2.33 bits per heavy atom. The number of nitrogens with one attached hydrogen (secondary N) is 2. The van der Waals surface area contributed by atoms with Crippen LogP contribution in [0.1, 0.15) is 45.0 Å². The molecular weight excluding hydrogens is 471 g/mol. The van der Waals surface area contributed by atoms with Gasteiger partial charge >= 0.3 is 5.97 Å². The van der Waals surface area contributed by atoms with Crippen LogP contribution in [-0.4, -0.2) is 34.2 Å². The van der Waals surface area contributed by atoms with Gasteiger partial charge in [0.15, 0.2) is 5.78 Å². The Labute approximate surface area is 193 Å². The van der Waals surface area contributed by atoms with E-state index in [0.29, 0.717) is 10.4 Å². The summed E-state index contributed by atoms with van der Waals surface area (Å²) >= 11 is 19.3. The minimum Gasteiger partial charge on any atom is -0.462 e. The SMILES string of the molecule is CCOC(=O)c1c(N[C@H](NC(=O)Cc2ccccc2)C(Cl)(Cl)Cl)sc(C(C)=O)c1C. The van der Waals surface area contributed by atoms with E-state index in [1.54, 1.807) is 26.0 Å². The fourth-order valence-corrected chi connectivity index (χ4v) is 4.17. The Morgan fingerprint density at radius 2 is 1.80 bits per heavy atom. The highest BCUT2D eigenvalue weighted by Crippen LogP contribution is 2.38. The van der Waals surface area contributed by atoms with Crippen molar-refractivity contribution < 1.29 is 19.1 Å². The standard InChI is InChI=1S/C20H21Cl3N2O4S/c1-4-29-18(28)15-11(2)16(12(3)26)30-17(15)25-19(20(21,22)23)24-14(27)10-13-8-6-5-7-9-13/h5-9,19,25H,4,10H2,1-3H3,(H,24,27)/t19-/m0/s1. The molecule has 6 nitrogen and oxygen atoms in total. The Balaban J connectivity index is 2.32. The number of hydrogen-bond donors (Lipinski definition) is 2. The number of Topliss-reactive ketones (excluding diaryl/α,β-unsaturated/α-hetero) is 1. The van der Waals surface area contributed by atoms with Crippen molar-refractivity contribution in [2.24, 2.45) is 0 Å². The number of carbonyl (C=O) groups is 3. The van der Waals surface area contributed by atoms with E-state index in [2.05, 4.69) is 10.6 Å². The van der Waals surface area contributed by atoms with Crippen LogP contribution in [0.25, 0.3) is 0 Å². The average Bonchev–Trinajstić information content (AvgIpc) is 2.98. The molecule has 0 aliphatic carbocycles. The van der Waals surface area contributed by atoms with Gasteiger partial charge in [-0.2, -0.15) is 0 Å². The van der Waals surface area contributed by atoms with E-state index in [1.807, 2.05) is 18.2 Å². The Hall–Kier alpha value is -1.80. The highest BCUT2D eigenvalue weighted by Gasteiger charge is 2.36. The number of esters is 1. The van der Waals surface area contributed by atoms with Crippen molar-refractivity contribution in [3.8, 4) is 0 Å². The molecular formula is C20H21Cl3N2O4S. The summed E-state index contributed by atoms with van der Waals surface area (Å²) in [4.78, 5) is 37.3. The Kier molecular flexibility index (Phi) is 8.55. The van der Waals surface area contributed by atoms with E-state index in [4.69, 9.17) is 39.5 Å². The van der Waals surface area contributed by atoms with E-state index < -0.39 is 15.9 Å². The summed E-state index contributed by atoms with van der Waals surface area (Å²) in [5, 5.41) is 5.80. The van der Waals surface area contributed by atoms with Gasteiger partial charge in [0.2, 0.25) is 9.70 Å². The van der Waals surface area contributed by atoms with Crippen molar-refractivity contribution >= 4 is 68.8 Å². The van der Waals surface area contributed by atoms with Gasteiger partial charge in [-0.25, -0.2) is 4.79 Å². The largest absolute Gasteiger partial charge is 0.462 e. The van der Waals surface area contributed by atoms with Crippen LogP contribution in [-0.2, 0) is 16.0 Å². The first-order valence-electron chi connectivity index (χ1n) is 9.02. The quantitative estimate of drug-likeness (QED) is 0.237. The fourth-order valence-electron chi connectivity index (χ4n) is 2.72. The first kappa shape index (κ1) is 24.5. The molecule has 1 aromatic heterocycles. The van der Waals surface area contributed by atoms with Gasteiger partial charge in [0, 0.05) is 0 Å². The summed E-state index contributed by atoms with van der Waals surface area (Å²) in [6.45, 7) is 4.87. The summed E-state index contributed by atoms with van der Waals surface area (Å²) in [6.07, 6.45) is -1.09. The maximum Gasteiger partial charge on any atom is 0.341 e. The number of amides is 1. The molecule has 1 heterocycles. The topological polar surface area (TPSA) is 84.5 Å². The molecule has 1 aromatic carbocycles. The van der Waals surface area contributed by atoms with Crippen LogP contribution in [0.15, 0.2) is 30.3 Å². The van der Waals surface area contributed by atoms with Crippen molar-refractivity contribution in [1.82, 2.24) is 5.32 Å². The molecule has 30 heavy (non-hydrogen) atoms. The zero-order valence-corrected chi connectivity index (χ0v) is 19.6. The molecule has 0 aliphatic heterocycles. The molecule has 0 unspecified atom stereocenters. The summed E-state index contributed by atoms with van der Waals surface area (Å²) in [5.74, 6) is -1.21. The lowest BCUT2D eigenvalue weighted by Crippen LogP contribution is -2.49. The number of rotatable bonds is 8. The molecule has 0 saturated heterocycles. The number of ether oxygens (including phenoxy) is 1. The predicted molar refractivity (Wildman–Crippen MR) is 121 cm³/mol. The molecule has 1 amide bonds. The number of carbonyl (C=O) groups excluding carboxylic acids is 3. The molecule has 0 saturated carbocycles. The number of anilines is 1. The number of alkyl halides is 3. The monoisotopic (exact) mass is 490 g/mol. The van der Waals surface area contributed by atoms with E-state index >= 15 is 0 Å². The lowest BCUT2D eigenvalue weighted by molar-refractivity contribution is -0.120. The Morgan fingerprint density at radius 1 is 1.17 bits per heavy atom. The summed E-state index contributed by atoms with van der Waals surface area (Å²) in [6, 6.07) is 9.08. The van der Waals surface area contributed by atoms with E-state index in [0.717, 1.165) is 16.9 Å². The summed E-state index contributed by atoms with van der Waals surface area (Å²) < 4.78 is 3.16. The van der Waals surface area contributed by atoms with Crippen molar-refractivity contribution in [3.63, 3.8) is 0 Å². The van der Waals surface area contributed by atoms with Crippen LogP contribution >= 0.6 is 46.1 Å². The minimum atomic E-state index is -1.94. The first-order chi connectivity index (χ1) is 14.0. The zero-order valence-electron chi connectivity index (χ0n) is 16.6. The van der Waals surface area contributed by atoms with Crippen molar-refractivity contribution in [2.75, 3.05) is 11.9 Å². The van der Waals surface area contributed by atoms with Gasteiger partial charge in [-0.1, -0.05) is 65.1 Å².